The first-order chi connectivity index (χ1) is 11.0. The maximum absolute atomic E-state index is 12.4. The Morgan fingerprint density at radius 2 is 2.17 bits per heavy atom. The highest BCUT2D eigenvalue weighted by Gasteiger charge is 2.31. The van der Waals surface area contributed by atoms with Crippen molar-refractivity contribution in [2.45, 2.75) is 43.6 Å². The number of hydrogen-bond acceptors (Lipinski definition) is 4. The van der Waals surface area contributed by atoms with Gasteiger partial charge in [0.05, 0.1) is 16.8 Å². The zero-order valence-corrected chi connectivity index (χ0v) is 14.7. The molecule has 0 spiro atoms. The Morgan fingerprint density at radius 3 is 3.00 bits per heavy atom. The molecule has 2 heterocycles. The maximum Gasteiger partial charge on any atom is 0.178 e. The number of rotatable bonds is 5. The minimum absolute atomic E-state index is 0.234. The fourth-order valence-electron chi connectivity index (χ4n) is 3.77. The summed E-state index contributed by atoms with van der Waals surface area (Å²) in [6, 6.07) is 7.21. The molecule has 0 amide bonds. The van der Waals surface area contributed by atoms with Crippen molar-refractivity contribution in [3.8, 4) is 0 Å². The predicted octanol–water partition coefficient (Wildman–Crippen LogP) is 2.66. The first-order valence-corrected chi connectivity index (χ1v) is 10.3. The van der Waals surface area contributed by atoms with Crippen LogP contribution < -0.4 is 0 Å². The molecule has 2 atom stereocenters. The summed E-state index contributed by atoms with van der Waals surface area (Å²) in [4.78, 5) is 2.87. The second-order valence-electron chi connectivity index (χ2n) is 6.89. The predicted molar refractivity (Wildman–Crippen MR) is 91.4 cm³/mol. The van der Waals surface area contributed by atoms with Crippen LogP contribution >= 0.6 is 0 Å². The van der Waals surface area contributed by atoms with Crippen molar-refractivity contribution >= 4 is 9.84 Å². The summed E-state index contributed by atoms with van der Waals surface area (Å²) in [7, 11) is -3.16. The van der Waals surface area contributed by atoms with Crippen molar-refractivity contribution in [1.29, 1.82) is 0 Å². The molecule has 5 heteroatoms. The van der Waals surface area contributed by atoms with Gasteiger partial charge < -0.3 is 9.64 Å². The van der Waals surface area contributed by atoms with Crippen LogP contribution in [0.25, 0.3) is 0 Å². The van der Waals surface area contributed by atoms with Crippen LogP contribution in [0.2, 0.25) is 0 Å². The zero-order valence-electron chi connectivity index (χ0n) is 13.9. The Labute approximate surface area is 139 Å². The van der Waals surface area contributed by atoms with Crippen molar-refractivity contribution < 1.29 is 13.2 Å². The average Bonchev–Trinajstić information content (AvgIpc) is 2.54. The lowest BCUT2D eigenvalue weighted by Crippen LogP contribution is -2.46. The van der Waals surface area contributed by atoms with E-state index in [9.17, 15) is 8.42 Å². The van der Waals surface area contributed by atoms with Gasteiger partial charge in [-0.15, -0.1) is 0 Å². The molecule has 0 radical (unpaired) electrons. The lowest BCUT2D eigenvalue weighted by Gasteiger charge is -2.41. The standard InChI is InChI=1S/C18H27NO3S/c1-15-5-2-7-17(13-15)23(20,21)12-4-9-19-10-8-18-16(14-19)6-3-11-22-18/h2,5,7,13,16,18H,3-4,6,8-12,14H2,1H3. The van der Waals surface area contributed by atoms with Gasteiger partial charge in [0.25, 0.3) is 0 Å². The summed E-state index contributed by atoms with van der Waals surface area (Å²) in [5.74, 6) is 0.878. The van der Waals surface area contributed by atoms with Crippen molar-refractivity contribution in [2.24, 2.45) is 5.92 Å². The third kappa shape index (κ3) is 4.34. The van der Waals surface area contributed by atoms with E-state index < -0.39 is 9.84 Å². The molecule has 128 valence electrons. The van der Waals surface area contributed by atoms with E-state index in [0.717, 1.165) is 44.6 Å². The number of hydrogen-bond donors (Lipinski definition) is 0. The van der Waals surface area contributed by atoms with Gasteiger partial charge in [0, 0.05) is 19.7 Å². The van der Waals surface area contributed by atoms with Crippen LogP contribution in [-0.2, 0) is 14.6 Å². The molecular formula is C18H27NO3S. The van der Waals surface area contributed by atoms with E-state index in [2.05, 4.69) is 4.90 Å². The number of aryl methyl sites for hydroxylation is 1. The Morgan fingerprint density at radius 1 is 1.30 bits per heavy atom. The van der Waals surface area contributed by atoms with E-state index in [0.29, 0.717) is 23.3 Å². The Kier molecular flexibility index (Phi) is 5.39. The molecule has 0 bridgehead atoms. The SMILES string of the molecule is Cc1cccc(S(=O)(=O)CCCN2CCC3OCCCC3C2)c1. The van der Waals surface area contributed by atoms with Crippen LogP contribution in [0.1, 0.15) is 31.2 Å². The first-order valence-electron chi connectivity index (χ1n) is 8.68. The second-order valence-corrected chi connectivity index (χ2v) is 9.00. The van der Waals surface area contributed by atoms with Crippen molar-refractivity contribution in [3.63, 3.8) is 0 Å². The monoisotopic (exact) mass is 337 g/mol. The largest absolute Gasteiger partial charge is 0.378 e. The van der Waals surface area contributed by atoms with Gasteiger partial charge in [0.15, 0.2) is 9.84 Å². The fourth-order valence-corrected chi connectivity index (χ4v) is 5.17. The number of ether oxygens (including phenoxy) is 1. The molecule has 1 aromatic carbocycles. The van der Waals surface area contributed by atoms with Gasteiger partial charge in [0.2, 0.25) is 0 Å². The minimum atomic E-state index is -3.16. The highest BCUT2D eigenvalue weighted by molar-refractivity contribution is 7.91. The summed E-state index contributed by atoms with van der Waals surface area (Å²) in [6.07, 6.45) is 4.65. The van der Waals surface area contributed by atoms with Gasteiger partial charge in [-0.1, -0.05) is 12.1 Å². The van der Waals surface area contributed by atoms with Gasteiger partial charge in [-0.25, -0.2) is 8.42 Å². The highest BCUT2D eigenvalue weighted by Crippen LogP contribution is 2.28. The van der Waals surface area contributed by atoms with E-state index in [-0.39, 0.29) is 5.75 Å². The molecule has 1 aromatic rings. The fraction of sp³-hybridized carbons (Fsp3) is 0.667. The lowest BCUT2D eigenvalue weighted by atomic mass is 9.88. The summed E-state index contributed by atoms with van der Waals surface area (Å²) in [5.41, 5.74) is 0.991. The third-order valence-electron chi connectivity index (χ3n) is 5.04. The molecule has 2 saturated heterocycles. The van der Waals surface area contributed by atoms with Crippen molar-refractivity contribution in [2.75, 3.05) is 32.0 Å². The van der Waals surface area contributed by atoms with E-state index in [1.807, 2.05) is 19.1 Å². The van der Waals surface area contributed by atoms with E-state index in [4.69, 9.17) is 4.74 Å². The van der Waals surface area contributed by atoms with E-state index in [1.54, 1.807) is 12.1 Å². The lowest BCUT2D eigenvalue weighted by molar-refractivity contribution is -0.0660. The summed E-state index contributed by atoms with van der Waals surface area (Å²) >= 11 is 0. The second kappa shape index (κ2) is 7.32. The summed E-state index contributed by atoms with van der Waals surface area (Å²) in [5, 5.41) is 0. The van der Waals surface area contributed by atoms with Crippen molar-refractivity contribution in [3.05, 3.63) is 29.8 Å². The molecule has 23 heavy (non-hydrogen) atoms. The maximum atomic E-state index is 12.4. The smallest absolute Gasteiger partial charge is 0.178 e. The van der Waals surface area contributed by atoms with Gasteiger partial charge in [-0.3, -0.25) is 0 Å². The molecule has 4 nitrogen and oxygen atoms in total. The topological polar surface area (TPSA) is 46.6 Å². The van der Waals surface area contributed by atoms with Gasteiger partial charge in [-0.05, 0) is 62.8 Å². The zero-order chi connectivity index (χ0) is 16.3. The van der Waals surface area contributed by atoms with Crippen LogP contribution in [-0.4, -0.2) is 51.4 Å². The van der Waals surface area contributed by atoms with Gasteiger partial charge in [-0.2, -0.15) is 0 Å². The van der Waals surface area contributed by atoms with Crippen LogP contribution in [0, 0.1) is 12.8 Å². The summed E-state index contributed by atoms with van der Waals surface area (Å²) in [6.45, 7) is 5.81. The molecule has 0 aromatic heterocycles. The van der Waals surface area contributed by atoms with Crippen LogP contribution in [0.15, 0.2) is 29.2 Å². The molecule has 2 aliphatic rings. The summed E-state index contributed by atoms with van der Waals surface area (Å²) < 4.78 is 30.7. The molecule has 0 N–H and O–H groups in total. The van der Waals surface area contributed by atoms with Gasteiger partial charge in [0.1, 0.15) is 0 Å². The Bertz CT molecular complexity index is 629. The Hall–Kier alpha value is -0.910. The highest BCUT2D eigenvalue weighted by atomic mass is 32.2. The van der Waals surface area contributed by atoms with Gasteiger partial charge >= 0.3 is 0 Å². The third-order valence-corrected chi connectivity index (χ3v) is 6.83. The molecule has 2 fully saturated rings. The number of nitrogens with zero attached hydrogens (tertiary/aromatic N) is 1. The van der Waals surface area contributed by atoms with Crippen molar-refractivity contribution in [1.82, 2.24) is 4.90 Å². The molecule has 2 aliphatic heterocycles. The number of likely N-dealkylation sites (tertiary alicyclic amines) is 1. The normalized spacial score (nSPS) is 26.0. The Balaban J connectivity index is 1.49. The molecule has 0 aliphatic carbocycles. The first kappa shape index (κ1) is 16.9. The quantitative estimate of drug-likeness (QED) is 0.829. The minimum Gasteiger partial charge on any atom is -0.378 e. The molecule has 3 rings (SSSR count). The van der Waals surface area contributed by atoms with Crippen LogP contribution in [0.4, 0.5) is 0 Å². The number of benzene rings is 1. The average molecular weight is 337 g/mol. The van der Waals surface area contributed by atoms with Crippen LogP contribution in [0.3, 0.4) is 0 Å². The molecular weight excluding hydrogens is 310 g/mol. The van der Waals surface area contributed by atoms with E-state index >= 15 is 0 Å². The number of sulfone groups is 1. The van der Waals surface area contributed by atoms with Crippen LogP contribution in [0.5, 0.6) is 0 Å². The number of fused-ring (bicyclic) bond motifs is 1. The number of piperidine rings is 1. The molecule has 0 saturated carbocycles. The van der Waals surface area contributed by atoms with E-state index in [1.165, 1.54) is 6.42 Å². The molecule has 2 unspecified atom stereocenters.